The van der Waals surface area contributed by atoms with Crippen molar-refractivity contribution in [3.63, 3.8) is 0 Å². The Morgan fingerprint density at radius 3 is 2.76 bits per heavy atom. The Kier molecular flexibility index (Phi) is 8.22. The summed E-state index contributed by atoms with van der Waals surface area (Å²) in [6.07, 6.45) is 0.768. The Morgan fingerprint density at radius 1 is 1.17 bits per heavy atom. The molecule has 1 aromatic heterocycles. The second-order valence-corrected chi connectivity index (χ2v) is 8.28. The van der Waals surface area contributed by atoms with Crippen molar-refractivity contribution >= 4 is 33.2 Å². The number of benzene rings is 2. The van der Waals surface area contributed by atoms with Gasteiger partial charge in [-0.25, -0.2) is 4.98 Å². The van der Waals surface area contributed by atoms with Crippen molar-refractivity contribution in [2.24, 2.45) is 0 Å². The molecule has 0 aliphatic rings. The molecule has 0 unspecified atom stereocenters. The molecule has 0 aliphatic carbocycles. The molecule has 3 rings (SSSR count). The highest BCUT2D eigenvalue weighted by molar-refractivity contribution is 9.10. The van der Waals surface area contributed by atoms with Crippen molar-refractivity contribution in [1.29, 1.82) is 0 Å². The van der Waals surface area contributed by atoms with Crippen molar-refractivity contribution in [2.45, 2.75) is 19.6 Å². The minimum atomic E-state index is -0.0162. The summed E-state index contributed by atoms with van der Waals surface area (Å²) in [4.78, 5) is 19.5. The average molecular weight is 475 g/mol. The Labute approximate surface area is 183 Å². The molecule has 7 heteroatoms. The normalized spacial score (nSPS) is 10.7. The van der Waals surface area contributed by atoms with Crippen molar-refractivity contribution < 1.29 is 14.3 Å². The third-order valence-corrected chi connectivity index (χ3v) is 5.56. The van der Waals surface area contributed by atoms with Crippen LogP contribution in [-0.2, 0) is 17.9 Å². The highest BCUT2D eigenvalue weighted by Gasteiger charge is 2.18. The number of aromatic nitrogens is 1. The molecule has 5 nitrogen and oxygen atoms in total. The van der Waals surface area contributed by atoms with Gasteiger partial charge in [-0.2, -0.15) is 0 Å². The summed E-state index contributed by atoms with van der Waals surface area (Å²) in [5.41, 5.74) is 1.52. The molecule has 1 amide bonds. The Bertz CT molecular complexity index is 917. The minimum absolute atomic E-state index is 0.0162. The third kappa shape index (κ3) is 6.66. The molecule has 0 saturated heterocycles. The molecule has 0 fully saturated rings. The minimum Gasteiger partial charge on any atom is -0.486 e. The van der Waals surface area contributed by atoms with E-state index in [1.807, 2.05) is 64.9 Å². The van der Waals surface area contributed by atoms with Crippen LogP contribution in [0.15, 0.2) is 64.5 Å². The Morgan fingerprint density at radius 2 is 2.00 bits per heavy atom. The van der Waals surface area contributed by atoms with Gasteiger partial charge >= 0.3 is 0 Å². The second-order valence-electron chi connectivity index (χ2n) is 6.42. The molecule has 0 radical (unpaired) electrons. The van der Waals surface area contributed by atoms with Gasteiger partial charge in [0.1, 0.15) is 17.4 Å². The molecular formula is C22H23BrN2O3S. The number of carbonyl (C=O) groups excluding carboxylic acids is 1. The van der Waals surface area contributed by atoms with Crippen LogP contribution >= 0.6 is 27.3 Å². The molecule has 0 bridgehead atoms. The van der Waals surface area contributed by atoms with Gasteiger partial charge in [0.15, 0.2) is 0 Å². The first-order valence-corrected chi connectivity index (χ1v) is 11.0. The molecule has 1 heterocycles. The highest BCUT2D eigenvalue weighted by Crippen LogP contribution is 2.18. The Balaban J connectivity index is 1.65. The first kappa shape index (κ1) is 21.5. The van der Waals surface area contributed by atoms with Gasteiger partial charge < -0.3 is 14.4 Å². The van der Waals surface area contributed by atoms with Crippen LogP contribution in [0.3, 0.4) is 0 Å². The molecular weight excluding hydrogens is 452 g/mol. The van der Waals surface area contributed by atoms with E-state index in [4.69, 9.17) is 9.47 Å². The number of amides is 1. The van der Waals surface area contributed by atoms with E-state index in [1.54, 1.807) is 18.4 Å². The average Bonchev–Trinajstić information content (AvgIpc) is 3.19. The summed E-state index contributed by atoms with van der Waals surface area (Å²) in [7, 11) is 1.67. The van der Waals surface area contributed by atoms with Gasteiger partial charge in [0, 0.05) is 35.7 Å². The van der Waals surface area contributed by atoms with Gasteiger partial charge in [-0.3, -0.25) is 4.79 Å². The topological polar surface area (TPSA) is 51.7 Å². The largest absolute Gasteiger partial charge is 0.486 e. The standard InChI is InChI=1S/C22H23BrN2O3S/c1-27-12-6-11-25(22(26)17-7-5-8-18(23)13-17)14-19-16-29-21(24-19)15-28-20-9-3-2-4-10-20/h2-5,7-10,13,16H,6,11-12,14-15H2,1H3. The molecule has 152 valence electrons. The van der Waals surface area contributed by atoms with Crippen molar-refractivity contribution in [2.75, 3.05) is 20.3 Å². The number of rotatable bonds is 10. The van der Waals surface area contributed by atoms with Crippen LogP contribution in [0.5, 0.6) is 5.75 Å². The fraction of sp³-hybridized carbons (Fsp3) is 0.273. The van der Waals surface area contributed by atoms with Gasteiger partial charge in [-0.1, -0.05) is 40.2 Å². The number of ether oxygens (including phenoxy) is 2. The summed E-state index contributed by atoms with van der Waals surface area (Å²) in [6, 6.07) is 17.1. The van der Waals surface area contributed by atoms with Gasteiger partial charge in [-0.15, -0.1) is 11.3 Å². The summed E-state index contributed by atoms with van der Waals surface area (Å²) in [5.74, 6) is 0.799. The molecule has 0 saturated carbocycles. The summed E-state index contributed by atoms with van der Waals surface area (Å²) < 4.78 is 11.8. The van der Waals surface area contributed by atoms with Crippen LogP contribution in [0.2, 0.25) is 0 Å². The maximum atomic E-state index is 13.0. The number of hydrogen-bond acceptors (Lipinski definition) is 5. The van der Waals surface area contributed by atoms with E-state index in [9.17, 15) is 4.79 Å². The molecule has 0 N–H and O–H groups in total. The highest BCUT2D eigenvalue weighted by atomic mass is 79.9. The van der Waals surface area contributed by atoms with Crippen LogP contribution in [0.1, 0.15) is 27.5 Å². The smallest absolute Gasteiger partial charge is 0.254 e. The number of carbonyl (C=O) groups is 1. The second kappa shape index (κ2) is 11.1. The van der Waals surface area contributed by atoms with Crippen molar-refractivity contribution in [3.8, 4) is 5.75 Å². The molecule has 0 atom stereocenters. The monoisotopic (exact) mass is 474 g/mol. The molecule has 2 aromatic carbocycles. The predicted molar refractivity (Wildman–Crippen MR) is 118 cm³/mol. The number of hydrogen-bond donors (Lipinski definition) is 0. The van der Waals surface area contributed by atoms with E-state index in [1.165, 1.54) is 0 Å². The van der Waals surface area contributed by atoms with E-state index < -0.39 is 0 Å². The predicted octanol–water partition coefficient (Wildman–Crippen LogP) is 5.16. The lowest BCUT2D eigenvalue weighted by Gasteiger charge is -2.22. The van der Waals surface area contributed by atoms with E-state index >= 15 is 0 Å². The molecule has 0 spiro atoms. The first-order valence-electron chi connectivity index (χ1n) is 9.30. The van der Waals surface area contributed by atoms with Gasteiger partial charge in [0.25, 0.3) is 5.91 Å². The first-order chi connectivity index (χ1) is 14.2. The third-order valence-electron chi connectivity index (χ3n) is 4.19. The number of para-hydroxylation sites is 1. The molecule has 3 aromatic rings. The van der Waals surface area contributed by atoms with Crippen LogP contribution in [0, 0.1) is 0 Å². The van der Waals surface area contributed by atoms with Crippen molar-refractivity contribution in [3.05, 3.63) is 80.7 Å². The van der Waals surface area contributed by atoms with Gasteiger partial charge in [-0.05, 0) is 36.8 Å². The number of halogens is 1. The summed E-state index contributed by atoms with van der Waals surface area (Å²) in [6.45, 7) is 2.08. The van der Waals surface area contributed by atoms with E-state index in [-0.39, 0.29) is 5.91 Å². The van der Waals surface area contributed by atoms with Crippen LogP contribution in [0.25, 0.3) is 0 Å². The lowest BCUT2D eigenvalue weighted by molar-refractivity contribution is 0.0721. The van der Waals surface area contributed by atoms with E-state index in [0.29, 0.717) is 31.9 Å². The van der Waals surface area contributed by atoms with Crippen LogP contribution in [0.4, 0.5) is 0 Å². The maximum absolute atomic E-state index is 13.0. The van der Waals surface area contributed by atoms with E-state index in [0.717, 1.165) is 27.3 Å². The summed E-state index contributed by atoms with van der Waals surface area (Å²) in [5, 5.41) is 2.87. The Hall–Kier alpha value is -2.22. The summed E-state index contributed by atoms with van der Waals surface area (Å²) >= 11 is 4.98. The zero-order valence-electron chi connectivity index (χ0n) is 16.2. The fourth-order valence-electron chi connectivity index (χ4n) is 2.80. The van der Waals surface area contributed by atoms with E-state index in [2.05, 4.69) is 20.9 Å². The van der Waals surface area contributed by atoms with Crippen LogP contribution in [-0.4, -0.2) is 36.1 Å². The van der Waals surface area contributed by atoms with Crippen LogP contribution < -0.4 is 4.74 Å². The molecule has 0 aliphatic heterocycles. The lowest BCUT2D eigenvalue weighted by Crippen LogP contribution is -2.32. The number of nitrogens with zero attached hydrogens (tertiary/aromatic N) is 2. The lowest BCUT2D eigenvalue weighted by atomic mass is 10.2. The quantitative estimate of drug-likeness (QED) is 0.380. The fourth-order valence-corrected chi connectivity index (χ4v) is 3.90. The molecule has 29 heavy (non-hydrogen) atoms. The number of methoxy groups -OCH3 is 1. The van der Waals surface area contributed by atoms with Gasteiger partial charge in [0.2, 0.25) is 0 Å². The number of thiazole rings is 1. The van der Waals surface area contributed by atoms with Crippen molar-refractivity contribution in [1.82, 2.24) is 9.88 Å². The van der Waals surface area contributed by atoms with Gasteiger partial charge in [0.05, 0.1) is 12.2 Å². The SMILES string of the molecule is COCCCN(Cc1csc(COc2ccccc2)n1)C(=O)c1cccc(Br)c1. The zero-order chi connectivity index (χ0) is 20.5. The maximum Gasteiger partial charge on any atom is 0.254 e. The zero-order valence-corrected chi connectivity index (χ0v) is 18.6.